The van der Waals surface area contributed by atoms with E-state index in [4.69, 9.17) is 9.26 Å². The highest BCUT2D eigenvalue weighted by molar-refractivity contribution is 5.74. The average Bonchev–Trinajstić information content (AvgIpc) is 3.25. The zero-order valence-corrected chi connectivity index (χ0v) is 14.2. The SMILES string of the molecule is Cc1noc(C(NC(=O)NCCC2=CCCC2)C2CCOCC2)n1. The van der Waals surface area contributed by atoms with Gasteiger partial charge in [-0.25, -0.2) is 4.79 Å². The maximum Gasteiger partial charge on any atom is 0.315 e. The second kappa shape index (κ2) is 8.28. The van der Waals surface area contributed by atoms with Gasteiger partial charge in [-0.3, -0.25) is 0 Å². The average molecular weight is 334 g/mol. The number of aromatic nitrogens is 2. The van der Waals surface area contributed by atoms with E-state index < -0.39 is 0 Å². The van der Waals surface area contributed by atoms with Crippen LogP contribution in [0.5, 0.6) is 0 Å². The molecule has 1 aromatic rings. The Morgan fingerprint density at radius 2 is 2.25 bits per heavy atom. The molecule has 0 radical (unpaired) electrons. The molecule has 1 unspecified atom stereocenters. The van der Waals surface area contributed by atoms with Gasteiger partial charge in [0.15, 0.2) is 5.82 Å². The molecule has 24 heavy (non-hydrogen) atoms. The summed E-state index contributed by atoms with van der Waals surface area (Å²) in [5.41, 5.74) is 1.45. The van der Waals surface area contributed by atoms with E-state index in [9.17, 15) is 4.79 Å². The maximum atomic E-state index is 12.3. The van der Waals surface area contributed by atoms with Crippen LogP contribution in [-0.2, 0) is 4.74 Å². The first-order valence-corrected chi connectivity index (χ1v) is 8.82. The van der Waals surface area contributed by atoms with Crippen molar-refractivity contribution in [3.63, 3.8) is 0 Å². The number of carbonyl (C=O) groups is 1. The van der Waals surface area contributed by atoms with Gasteiger partial charge in [0.05, 0.1) is 0 Å². The number of hydrogen-bond acceptors (Lipinski definition) is 5. The van der Waals surface area contributed by atoms with Crippen molar-refractivity contribution >= 4 is 6.03 Å². The van der Waals surface area contributed by atoms with Gasteiger partial charge in [0, 0.05) is 19.8 Å². The molecule has 0 saturated carbocycles. The van der Waals surface area contributed by atoms with Crippen LogP contribution < -0.4 is 10.6 Å². The van der Waals surface area contributed by atoms with Gasteiger partial charge in [0.2, 0.25) is 5.89 Å². The van der Waals surface area contributed by atoms with Crippen molar-refractivity contribution in [2.45, 2.75) is 51.5 Å². The Labute approximate surface area is 142 Å². The molecule has 1 aliphatic heterocycles. The van der Waals surface area contributed by atoms with Gasteiger partial charge in [-0.1, -0.05) is 16.8 Å². The summed E-state index contributed by atoms with van der Waals surface area (Å²) in [6, 6.07) is -0.443. The van der Waals surface area contributed by atoms with E-state index in [-0.39, 0.29) is 18.0 Å². The zero-order valence-electron chi connectivity index (χ0n) is 14.2. The number of allylic oxidation sites excluding steroid dienone is 1. The Kier molecular flexibility index (Phi) is 5.85. The highest BCUT2D eigenvalue weighted by atomic mass is 16.5. The maximum absolute atomic E-state index is 12.3. The Morgan fingerprint density at radius 3 is 2.92 bits per heavy atom. The normalized spacial score (nSPS) is 19.8. The van der Waals surface area contributed by atoms with E-state index in [0.717, 1.165) is 25.7 Å². The van der Waals surface area contributed by atoms with Gasteiger partial charge in [0.25, 0.3) is 0 Å². The topological polar surface area (TPSA) is 89.3 Å². The lowest BCUT2D eigenvalue weighted by Gasteiger charge is -2.28. The largest absolute Gasteiger partial charge is 0.381 e. The molecule has 7 nitrogen and oxygen atoms in total. The van der Waals surface area contributed by atoms with Crippen molar-refractivity contribution in [3.8, 4) is 0 Å². The van der Waals surface area contributed by atoms with Crippen molar-refractivity contribution in [3.05, 3.63) is 23.4 Å². The number of rotatable bonds is 6. The molecule has 2 N–H and O–H groups in total. The third-order valence-electron chi connectivity index (χ3n) is 4.70. The minimum absolute atomic E-state index is 0.180. The molecule has 0 bridgehead atoms. The Bertz CT molecular complexity index is 578. The predicted molar refractivity (Wildman–Crippen MR) is 88.4 cm³/mol. The van der Waals surface area contributed by atoms with Gasteiger partial charge in [0.1, 0.15) is 6.04 Å². The van der Waals surface area contributed by atoms with Crippen LogP contribution in [-0.4, -0.2) is 35.9 Å². The Balaban J connectivity index is 1.55. The molecule has 2 aliphatic rings. The van der Waals surface area contributed by atoms with E-state index in [2.05, 4.69) is 26.9 Å². The quantitative estimate of drug-likeness (QED) is 0.781. The summed E-state index contributed by atoms with van der Waals surface area (Å²) in [4.78, 5) is 16.6. The minimum Gasteiger partial charge on any atom is -0.381 e. The Hall–Kier alpha value is -1.89. The van der Waals surface area contributed by atoms with E-state index >= 15 is 0 Å². The van der Waals surface area contributed by atoms with Gasteiger partial charge >= 0.3 is 6.03 Å². The fourth-order valence-corrected chi connectivity index (χ4v) is 3.36. The second-order valence-corrected chi connectivity index (χ2v) is 6.51. The molecule has 1 aliphatic carbocycles. The van der Waals surface area contributed by atoms with Crippen LogP contribution in [0.2, 0.25) is 0 Å². The molecule has 7 heteroatoms. The number of nitrogens with zero attached hydrogens (tertiary/aromatic N) is 2. The first kappa shape index (κ1) is 17.0. The van der Waals surface area contributed by atoms with Crippen molar-refractivity contribution in [2.24, 2.45) is 5.92 Å². The molecule has 0 spiro atoms. The highest BCUT2D eigenvalue weighted by Gasteiger charge is 2.31. The van der Waals surface area contributed by atoms with Gasteiger partial charge in [-0.05, 0) is 51.4 Å². The molecule has 1 atom stereocenters. The summed E-state index contributed by atoms with van der Waals surface area (Å²) in [6.07, 6.45) is 8.53. The van der Waals surface area contributed by atoms with Crippen molar-refractivity contribution in [1.82, 2.24) is 20.8 Å². The smallest absolute Gasteiger partial charge is 0.315 e. The molecule has 1 aromatic heterocycles. The zero-order chi connectivity index (χ0) is 16.8. The van der Waals surface area contributed by atoms with Gasteiger partial charge < -0.3 is 19.9 Å². The number of ether oxygens (including phenoxy) is 1. The van der Waals surface area contributed by atoms with Crippen LogP contribution in [0.3, 0.4) is 0 Å². The summed E-state index contributed by atoms with van der Waals surface area (Å²) in [5, 5.41) is 9.82. The highest BCUT2D eigenvalue weighted by Crippen LogP contribution is 2.29. The van der Waals surface area contributed by atoms with E-state index in [1.165, 1.54) is 18.4 Å². The summed E-state index contributed by atoms with van der Waals surface area (Å²) in [6.45, 7) is 3.84. The van der Waals surface area contributed by atoms with Crippen LogP contribution in [0, 0.1) is 12.8 Å². The summed E-state index contributed by atoms with van der Waals surface area (Å²) in [5.74, 6) is 1.31. The van der Waals surface area contributed by atoms with Crippen LogP contribution >= 0.6 is 0 Å². The number of nitrogens with one attached hydrogen (secondary N) is 2. The van der Waals surface area contributed by atoms with Gasteiger partial charge in [-0.15, -0.1) is 0 Å². The molecule has 0 aromatic carbocycles. The number of carbonyl (C=O) groups excluding carboxylic acids is 1. The van der Waals surface area contributed by atoms with E-state index in [1.807, 2.05) is 0 Å². The lowest BCUT2D eigenvalue weighted by atomic mass is 9.91. The third kappa shape index (κ3) is 4.56. The minimum atomic E-state index is -0.263. The van der Waals surface area contributed by atoms with Crippen molar-refractivity contribution < 1.29 is 14.1 Å². The molecule has 1 fully saturated rings. The number of urea groups is 1. The van der Waals surface area contributed by atoms with Crippen LogP contribution in [0.15, 0.2) is 16.2 Å². The summed E-state index contributed by atoms with van der Waals surface area (Å²) >= 11 is 0. The fraction of sp³-hybridized carbons (Fsp3) is 0.706. The molecule has 3 rings (SSSR count). The molecule has 2 heterocycles. The van der Waals surface area contributed by atoms with E-state index in [0.29, 0.717) is 31.5 Å². The lowest BCUT2D eigenvalue weighted by Crippen LogP contribution is -2.42. The third-order valence-corrected chi connectivity index (χ3v) is 4.70. The van der Waals surface area contributed by atoms with Crippen LogP contribution in [0.25, 0.3) is 0 Å². The van der Waals surface area contributed by atoms with Crippen LogP contribution in [0.1, 0.15) is 56.3 Å². The fourth-order valence-electron chi connectivity index (χ4n) is 3.36. The number of hydrogen-bond donors (Lipinski definition) is 2. The molecular formula is C17H26N4O3. The summed E-state index contributed by atoms with van der Waals surface area (Å²) < 4.78 is 10.7. The van der Waals surface area contributed by atoms with Crippen molar-refractivity contribution in [2.75, 3.05) is 19.8 Å². The van der Waals surface area contributed by atoms with Crippen molar-refractivity contribution in [1.29, 1.82) is 0 Å². The standard InChI is InChI=1S/C17H26N4O3/c1-12-19-16(24-21-12)15(14-7-10-23-11-8-14)20-17(22)18-9-6-13-4-2-3-5-13/h4,14-15H,2-3,5-11H2,1H3,(H2,18,20,22). The van der Waals surface area contributed by atoms with Crippen LogP contribution in [0.4, 0.5) is 4.79 Å². The van der Waals surface area contributed by atoms with Gasteiger partial charge in [-0.2, -0.15) is 4.98 Å². The number of aryl methyl sites for hydroxylation is 1. The predicted octanol–water partition coefficient (Wildman–Crippen LogP) is 2.65. The first-order chi connectivity index (χ1) is 11.7. The second-order valence-electron chi connectivity index (χ2n) is 6.51. The number of amides is 2. The monoisotopic (exact) mass is 334 g/mol. The molecule has 132 valence electrons. The molecular weight excluding hydrogens is 308 g/mol. The first-order valence-electron chi connectivity index (χ1n) is 8.82. The van der Waals surface area contributed by atoms with E-state index in [1.54, 1.807) is 6.92 Å². The molecule has 2 amide bonds. The summed E-state index contributed by atoms with van der Waals surface area (Å²) in [7, 11) is 0. The molecule has 1 saturated heterocycles. The lowest BCUT2D eigenvalue weighted by molar-refractivity contribution is 0.0503. The Morgan fingerprint density at radius 1 is 1.42 bits per heavy atom.